The summed E-state index contributed by atoms with van der Waals surface area (Å²) in [4.78, 5) is 35.2. The van der Waals surface area contributed by atoms with Crippen LogP contribution in [0.2, 0.25) is 0 Å². The Morgan fingerprint density at radius 3 is 2.54 bits per heavy atom. The summed E-state index contributed by atoms with van der Waals surface area (Å²) in [6, 6.07) is 13.7. The Bertz CT molecular complexity index is 799. The van der Waals surface area contributed by atoms with Crippen molar-refractivity contribution in [3.8, 4) is 0 Å². The van der Waals surface area contributed by atoms with Crippen molar-refractivity contribution in [2.45, 2.75) is 19.1 Å². The highest BCUT2D eigenvalue weighted by Gasteiger charge is 2.30. The molecule has 6 nitrogen and oxygen atoms in total. The lowest BCUT2D eigenvalue weighted by Gasteiger charge is -2.23. The zero-order valence-electron chi connectivity index (χ0n) is 12.8. The fourth-order valence-electron chi connectivity index (χ4n) is 2.57. The summed E-state index contributed by atoms with van der Waals surface area (Å²) >= 11 is 0. The van der Waals surface area contributed by atoms with E-state index in [4.69, 9.17) is 10.5 Å². The monoisotopic (exact) mass is 324 g/mol. The van der Waals surface area contributed by atoms with E-state index in [1.807, 2.05) is 12.1 Å². The molecule has 0 bridgehead atoms. The number of hydrogen-bond acceptors (Lipinski definition) is 4. The zero-order chi connectivity index (χ0) is 17.1. The quantitative estimate of drug-likeness (QED) is 0.825. The van der Waals surface area contributed by atoms with E-state index in [-0.39, 0.29) is 12.5 Å². The van der Waals surface area contributed by atoms with Crippen molar-refractivity contribution in [1.82, 2.24) is 5.32 Å². The van der Waals surface area contributed by atoms with Crippen LogP contribution in [0.15, 0.2) is 48.5 Å². The van der Waals surface area contributed by atoms with Crippen LogP contribution in [-0.2, 0) is 22.5 Å². The van der Waals surface area contributed by atoms with Crippen molar-refractivity contribution < 1.29 is 19.1 Å². The molecule has 6 heteroatoms. The number of nitrogens with two attached hydrogens (primary N) is 1. The number of ether oxygens (including phenoxy) is 1. The van der Waals surface area contributed by atoms with Crippen LogP contribution in [0.4, 0.5) is 0 Å². The second-order valence-electron chi connectivity index (χ2n) is 5.53. The van der Waals surface area contributed by atoms with Gasteiger partial charge in [0.15, 0.2) is 6.10 Å². The molecule has 2 amide bonds. The van der Waals surface area contributed by atoms with Crippen molar-refractivity contribution >= 4 is 17.8 Å². The van der Waals surface area contributed by atoms with E-state index < -0.39 is 18.0 Å². The number of carbonyl (C=O) groups is 3. The Labute approximate surface area is 138 Å². The Morgan fingerprint density at radius 2 is 1.83 bits per heavy atom. The van der Waals surface area contributed by atoms with Gasteiger partial charge in [0, 0.05) is 18.5 Å². The number of rotatable bonds is 4. The molecule has 0 saturated heterocycles. The number of amides is 2. The van der Waals surface area contributed by atoms with E-state index >= 15 is 0 Å². The lowest BCUT2D eigenvalue weighted by atomic mass is 9.98. The average Bonchev–Trinajstić information content (AvgIpc) is 2.60. The third kappa shape index (κ3) is 3.27. The molecule has 122 valence electrons. The van der Waals surface area contributed by atoms with Gasteiger partial charge in [0.2, 0.25) is 5.91 Å². The molecule has 2 aromatic carbocycles. The van der Waals surface area contributed by atoms with E-state index in [0.29, 0.717) is 17.5 Å². The Morgan fingerprint density at radius 1 is 1.12 bits per heavy atom. The molecule has 2 aromatic rings. The number of esters is 1. The Balaban J connectivity index is 1.62. The van der Waals surface area contributed by atoms with Gasteiger partial charge in [0.25, 0.3) is 5.91 Å². The first-order chi connectivity index (χ1) is 11.5. The van der Waals surface area contributed by atoms with Gasteiger partial charge >= 0.3 is 5.97 Å². The molecule has 1 aliphatic heterocycles. The number of carbonyl (C=O) groups excluding carboxylic acids is 3. The maximum absolute atomic E-state index is 12.2. The normalized spacial score (nSPS) is 16.0. The first-order valence-electron chi connectivity index (χ1n) is 7.50. The molecule has 0 aromatic heterocycles. The molecule has 3 rings (SSSR count). The number of benzene rings is 2. The average molecular weight is 324 g/mol. The van der Waals surface area contributed by atoms with Crippen LogP contribution in [0, 0.1) is 0 Å². The first kappa shape index (κ1) is 15.7. The predicted octanol–water partition coefficient (Wildman–Crippen LogP) is 1.18. The molecule has 0 spiro atoms. The topological polar surface area (TPSA) is 98.5 Å². The maximum Gasteiger partial charge on any atom is 0.339 e. The lowest BCUT2D eigenvalue weighted by Crippen LogP contribution is -2.41. The van der Waals surface area contributed by atoms with Gasteiger partial charge in [-0.05, 0) is 29.3 Å². The van der Waals surface area contributed by atoms with Gasteiger partial charge in [-0.15, -0.1) is 0 Å². The van der Waals surface area contributed by atoms with Crippen LogP contribution in [0.3, 0.4) is 0 Å². The van der Waals surface area contributed by atoms with Crippen LogP contribution in [0.5, 0.6) is 0 Å². The van der Waals surface area contributed by atoms with Gasteiger partial charge in [-0.2, -0.15) is 0 Å². The molecule has 3 N–H and O–H groups in total. The van der Waals surface area contributed by atoms with E-state index in [9.17, 15) is 14.4 Å². The minimum absolute atomic E-state index is 0.271. The lowest BCUT2D eigenvalue weighted by molar-refractivity contribution is -0.130. The summed E-state index contributed by atoms with van der Waals surface area (Å²) in [6.45, 7) is 0.271. The second kappa shape index (κ2) is 6.54. The summed E-state index contributed by atoms with van der Waals surface area (Å²) in [5.74, 6) is -1.34. The standard InChI is InChI=1S/C18H16N2O4/c19-16(21)12-7-5-11(6-8-12)10-20-17(22)15-9-13-3-1-2-4-14(13)18(23)24-15/h1-8,15H,9-10H2,(H2,19,21)(H,20,22)/t15-/m0/s1. The molecule has 0 unspecified atom stereocenters. The van der Waals surface area contributed by atoms with Gasteiger partial charge in [-0.3, -0.25) is 9.59 Å². The smallest absolute Gasteiger partial charge is 0.339 e. The van der Waals surface area contributed by atoms with Gasteiger partial charge in [-0.1, -0.05) is 30.3 Å². The van der Waals surface area contributed by atoms with E-state index in [2.05, 4.69) is 5.32 Å². The molecule has 1 aliphatic rings. The molecular formula is C18H16N2O4. The van der Waals surface area contributed by atoms with Gasteiger partial charge in [0.05, 0.1) is 5.56 Å². The minimum Gasteiger partial charge on any atom is -0.448 e. The van der Waals surface area contributed by atoms with Gasteiger partial charge < -0.3 is 15.8 Å². The fraction of sp³-hybridized carbons (Fsp3) is 0.167. The van der Waals surface area contributed by atoms with Crippen LogP contribution in [0.25, 0.3) is 0 Å². The van der Waals surface area contributed by atoms with Crippen LogP contribution in [0.1, 0.15) is 31.8 Å². The molecule has 1 atom stereocenters. The molecule has 1 heterocycles. The van der Waals surface area contributed by atoms with E-state index in [1.165, 1.54) is 0 Å². The summed E-state index contributed by atoms with van der Waals surface area (Å²) in [7, 11) is 0. The van der Waals surface area contributed by atoms with Crippen molar-refractivity contribution in [1.29, 1.82) is 0 Å². The zero-order valence-corrected chi connectivity index (χ0v) is 12.8. The highest BCUT2D eigenvalue weighted by atomic mass is 16.5. The fourth-order valence-corrected chi connectivity index (χ4v) is 2.57. The van der Waals surface area contributed by atoms with Crippen molar-refractivity contribution in [2.75, 3.05) is 0 Å². The first-order valence-corrected chi connectivity index (χ1v) is 7.50. The Kier molecular flexibility index (Phi) is 4.29. The SMILES string of the molecule is NC(=O)c1ccc(CNC(=O)[C@@H]2Cc3ccccc3C(=O)O2)cc1. The van der Waals surface area contributed by atoms with Crippen molar-refractivity contribution in [3.63, 3.8) is 0 Å². The van der Waals surface area contributed by atoms with Crippen molar-refractivity contribution in [2.24, 2.45) is 5.73 Å². The molecule has 0 saturated carbocycles. The van der Waals surface area contributed by atoms with E-state index in [0.717, 1.165) is 11.1 Å². The Hall–Kier alpha value is -3.15. The summed E-state index contributed by atoms with van der Waals surface area (Å²) in [6.07, 6.45) is -0.480. The molecular weight excluding hydrogens is 308 g/mol. The highest BCUT2D eigenvalue weighted by molar-refractivity contribution is 5.95. The number of cyclic esters (lactones) is 1. The third-order valence-electron chi connectivity index (χ3n) is 3.89. The summed E-state index contributed by atoms with van der Waals surface area (Å²) < 4.78 is 5.20. The molecule has 0 radical (unpaired) electrons. The maximum atomic E-state index is 12.2. The minimum atomic E-state index is -0.836. The van der Waals surface area contributed by atoms with Crippen LogP contribution in [-0.4, -0.2) is 23.9 Å². The second-order valence-corrected chi connectivity index (χ2v) is 5.53. The van der Waals surface area contributed by atoms with E-state index in [1.54, 1.807) is 36.4 Å². The largest absolute Gasteiger partial charge is 0.448 e. The molecule has 24 heavy (non-hydrogen) atoms. The molecule has 0 aliphatic carbocycles. The molecule has 0 fully saturated rings. The highest BCUT2D eigenvalue weighted by Crippen LogP contribution is 2.20. The van der Waals surface area contributed by atoms with Gasteiger partial charge in [0.1, 0.15) is 0 Å². The van der Waals surface area contributed by atoms with Crippen LogP contribution < -0.4 is 11.1 Å². The number of nitrogens with one attached hydrogen (secondary N) is 1. The van der Waals surface area contributed by atoms with Gasteiger partial charge in [-0.25, -0.2) is 4.79 Å². The number of fused-ring (bicyclic) bond motifs is 1. The third-order valence-corrected chi connectivity index (χ3v) is 3.89. The van der Waals surface area contributed by atoms with Crippen LogP contribution >= 0.6 is 0 Å². The number of primary amides is 1. The summed E-state index contributed by atoms with van der Waals surface area (Å²) in [5, 5.41) is 2.74. The number of hydrogen-bond donors (Lipinski definition) is 2. The van der Waals surface area contributed by atoms with Crippen molar-refractivity contribution in [3.05, 3.63) is 70.8 Å². The summed E-state index contributed by atoms with van der Waals surface area (Å²) in [5.41, 5.74) is 7.71. The predicted molar refractivity (Wildman–Crippen MR) is 86.2 cm³/mol.